The molecule has 1 aromatic rings. The first-order chi connectivity index (χ1) is 17.0. The molecule has 2 fully saturated rings. The highest BCUT2D eigenvalue weighted by molar-refractivity contribution is 5.86. The SMILES string of the molecule is O=C(C[C@H]1CC=CC[C@@H](Cc2ccccc2)C(=O)OC[C@@H]2CCCN2C1=O)NC1(CO)CCCC1. The lowest BCUT2D eigenvalue weighted by Crippen LogP contribution is -2.50. The number of esters is 1. The van der Waals surface area contributed by atoms with Crippen LogP contribution in [0.1, 0.15) is 63.4 Å². The molecule has 4 rings (SSSR count). The van der Waals surface area contributed by atoms with Crippen molar-refractivity contribution in [2.24, 2.45) is 11.8 Å². The lowest BCUT2D eigenvalue weighted by atomic mass is 9.93. The average Bonchev–Trinajstić information content (AvgIpc) is 3.53. The van der Waals surface area contributed by atoms with Gasteiger partial charge in [0.15, 0.2) is 0 Å². The molecule has 1 aliphatic carbocycles. The predicted molar refractivity (Wildman–Crippen MR) is 132 cm³/mol. The normalized spacial score (nSPS) is 27.0. The molecule has 0 radical (unpaired) electrons. The van der Waals surface area contributed by atoms with Gasteiger partial charge in [0.05, 0.1) is 30.0 Å². The number of rotatable bonds is 6. The molecule has 35 heavy (non-hydrogen) atoms. The van der Waals surface area contributed by atoms with Crippen molar-refractivity contribution in [1.82, 2.24) is 10.2 Å². The summed E-state index contributed by atoms with van der Waals surface area (Å²) in [4.78, 5) is 41.1. The maximum absolute atomic E-state index is 13.5. The summed E-state index contributed by atoms with van der Waals surface area (Å²) in [5, 5.41) is 12.9. The molecule has 2 aliphatic heterocycles. The predicted octanol–water partition coefficient (Wildman–Crippen LogP) is 3.16. The second-order valence-electron chi connectivity index (χ2n) is 10.4. The van der Waals surface area contributed by atoms with Gasteiger partial charge in [-0.3, -0.25) is 14.4 Å². The molecule has 1 aromatic carbocycles. The molecule has 7 heteroatoms. The Morgan fingerprint density at radius 2 is 1.77 bits per heavy atom. The standard InChI is InChI=1S/C28H38N2O5/c31-20-28(14-6-7-15-28)29-25(32)18-22-11-4-5-12-23(17-21-9-2-1-3-10-21)27(34)35-19-24-13-8-16-30(24)26(22)33/h1-5,9-10,22-24,31H,6-8,11-20H2,(H,29,32)/t22-,23+,24+/m1/s1. The van der Waals surface area contributed by atoms with Crippen molar-refractivity contribution in [3.05, 3.63) is 48.0 Å². The fraction of sp³-hybridized carbons (Fsp3) is 0.607. The van der Waals surface area contributed by atoms with Gasteiger partial charge in [0.25, 0.3) is 0 Å². The number of nitrogens with one attached hydrogen (secondary N) is 1. The number of nitrogens with zero attached hydrogens (tertiary/aromatic N) is 1. The van der Waals surface area contributed by atoms with E-state index in [0.717, 1.165) is 44.1 Å². The van der Waals surface area contributed by atoms with Crippen LogP contribution in [0.3, 0.4) is 0 Å². The lowest BCUT2D eigenvalue weighted by Gasteiger charge is -2.31. The van der Waals surface area contributed by atoms with E-state index in [1.807, 2.05) is 47.4 Å². The minimum Gasteiger partial charge on any atom is -0.463 e. The molecule has 1 saturated carbocycles. The van der Waals surface area contributed by atoms with Crippen molar-refractivity contribution < 1.29 is 24.2 Å². The Morgan fingerprint density at radius 1 is 1.06 bits per heavy atom. The number of cyclic esters (lactones) is 1. The Kier molecular flexibility index (Phi) is 8.60. The summed E-state index contributed by atoms with van der Waals surface area (Å²) < 4.78 is 5.72. The first-order valence-electron chi connectivity index (χ1n) is 13.1. The van der Waals surface area contributed by atoms with E-state index in [2.05, 4.69) is 5.32 Å². The number of aliphatic hydroxyl groups excluding tert-OH is 1. The first-order valence-corrected chi connectivity index (χ1v) is 13.1. The van der Waals surface area contributed by atoms with Gasteiger partial charge in [-0.15, -0.1) is 0 Å². The zero-order valence-electron chi connectivity index (χ0n) is 20.5. The van der Waals surface area contributed by atoms with Gasteiger partial charge in [-0.05, 0) is 50.5 Å². The molecule has 190 valence electrons. The Labute approximate surface area is 207 Å². The van der Waals surface area contributed by atoms with Crippen LogP contribution in [0.25, 0.3) is 0 Å². The average molecular weight is 483 g/mol. The number of allylic oxidation sites excluding steroid dienone is 2. The van der Waals surface area contributed by atoms with Gasteiger partial charge < -0.3 is 20.1 Å². The number of carbonyl (C=O) groups is 3. The summed E-state index contributed by atoms with van der Waals surface area (Å²) in [6, 6.07) is 9.79. The number of carbonyl (C=O) groups excluding carboxylic acids is 3. The van der Waals surface area contributed by atoms with Crippen LogP contribution < -0.4 is 5.32 Å². The van der Waals surface area contributed by atoms with Gasteiger partial charge >= 0.3 is 5.97 Å². The molecule has 7 nitrogen and oxygen atoms in total. The van der Waals surface area contributed by atoms with Crippen molar-refractivity contribution in [1.29, 1.82) is 0 Å². The molecule has 2 amide bonds. The van der Waals surface area contributed by atoms with Gasteiger partial charge in [0, 0.05) is 13.0 Å². The summed E-state index contributed by atoms with van der Waals surface area (Å²) in [7, 11) is 0. The van der Waals surface area contributed by atoms with E-state index < -0.39 is 11.5 Å². The number of benzene rings is 1. The van der Waals surface area contributed by atoms with E-state index >= 15 is 0 Å². The Bertz CT molecular complexity index is 909. The fourth-order valence-corrected chi connectivity index (χ4v) is 5.73. The monoisotopic (exact) mass is 482 g/mol. The molecule has 0 unspecified atom stereocenters. The summed E-state index contributed by atoms with van der Waals surface area (Å²) >= 11 is 0. The van der Waals surface area contributed by atoms with Gasteiger partial charge in [0.2, 0.25) is 11.8 Å². The second-order valence-corrected chi connectivity index (χ2v) is 10.4. The van der Waals surface area contributed by atoms with Crippen LogP contribution in [-0.4, -0.2) is 59.1 Å². The van der Waals surface area contributed by atoms with Crippen molar-refractivity contribution in [2.45, 2.75) is 75.8 Å². The number of amides is 2. The molecule has 2 heterocycles. The van der Waals surface area contributed by atoms with Gasteiger partial charge in [-0.2, -0.15) is 0 Å². The molecule has 1 saturated heterocycles. The third-order valence-corrected chi connectivity index (χ3v) is 7.79. The fourth-order valence-electron chi connectivity index (χ4n) is 5.73. The van der Waals surface area contributed by atoms with Gasteiger partial charge in [-0.1, -0.05) is 55.3 Å². The molecule has 0 spiro atoms. The molecule has 0 bridgehead atoms. The molecular formula is C28H38N2O5. The quantitative estimate of drug-likeness (QED) is 0.480. The smallest absolute Gasteiger partial charge is 0.309 e. The number of ether oxygens (including phenoxy) is 1. The van der Waals surface area contributed by atoms with Crippen LogP contribution in [0, 0.1) is 11.8 Å². The van der Waals surface area contributed by atoms with E-state index in [1.54, 1.807) is 0 Å². The topological polar surface area (TPSA) is 95.9 Å². The van der Waals surface area contributed by atoms with Crippen molar-refractivity contribution in [2.75, 3.05) is 19.8 Å². The summed E-state index contributed by atoms with van der Waals surface area (Å²) in [6.07, 6.45) is 10.8. The van der Waals surface area contributed by atoms with E-state index in [-0.39, 0.29) is 49.4 Å². The third kappa shape index (κ3) is 6.51. The number of aliphatic hydroxyl groups is 1. The van der Waals surface area contributed by atoms with Gasteiger partial charge in [-0.25, -0.2) is 0 Å². The van der Waals surface area contributed by atoms with E-state index in [4.69, 9.17) is 4.74 Å². The molecule has 2 N–H and O–H groups in total. The Hall–Kier alpha value is -2.67. The Morgan fingerprint density at radius 3 is 2.49 bits per heavy atom. The molecule has 3 atom stereocenters. The summed E-state index contributed by atoms with van der Waals surface area (Å²) in [5.74, 6) is -1.20. The maximum atomic E-state index is 13.5. The van der Waals surface area contributed by atoms with E-state index in [9.17, 15) is 19.5 Å². The maximum Gasteiger partial charge on any atom is 0.309 e. The second kappa shape index (κ2) is 11.8. The van der Waals surface area contributed by atoms with Crippen LogP contribution in [0.2, 0.25) is 0 Å². The molecule has 0 aromatic heterocycles. The largest absolute Gasteiger partial charge is 0.463 e. The van der Waals surface area contributed by atoms with Crippen molar-refractivity contribution in [3.8, 4) is 0 Å². The summed E-state index contributed by atoms with van der Waals surface area (Å²) in [6.45, 7) is 0.753. The number of fused-ring (bicyclic) bond motifs is 1. The highest BCUT2D eigenvalue weighted by Crippen LogP contribution is 2.30. The van der Waals surface area contributed by atoms with E-state index in [0.29, 0.717) is 25.8 Å². The zero-order valence-corrected chi connectivity index (χ0v) is 20.5. The van der Waals surface area contributed by atoms with E-state index in [1.165, 1.54) is 0 Å². The minimum absolute atomic E-state index is 0.0470. The lowest BCUT2D eigenvalue weighted by molar-refractivity contribution is -0.152. The number of hydrogen-bond acceptors (Lipinski definition) is 5. The third-order valence-electron chi connectivity index (χ3n) is 7.79. The molecule has 3 aliphatic rings. The van der Waals surface area contributed by atoms with Crippen LogP contribution in [0.4, 0.5) is 0 Å². The van der Waals surface area contributed by atoms with Crippen LogP contribution in [0.15, 0.2) is 42.5 Å². The Balaban J connectivity index is 1.47. The zero-order chi connectivity index (χ0) is 24.7. The molecular weight excluding hydrogens is 444 g/mol. The summed E-state index contributed by atoms with van der Waals surface area (Å²) in [5.41, 5.74) is 0.544. The first kappa shape index (κ1) is 25.4. The minimum atomic E-state index is -0.545. The van der Waals surface area contributed by atoms with Gasteiger partial charge in [0.1, 0.15) is 6.61 Å². The highest BCUT2D eigenvalue weighted by atomic mass is 16.5. The van der Waals surface area contributed by atoms with Crippen LogP contribution in [-0.2, 0) is 25.5 Å². The van der Waals surface area contributed by atoms with Crippen molar-refractivity contribution >= 4 is 17.8 Å². The van der Waals surface area contributed by atoms with Crippen molar-refractivity contribution in [3.63, 3.8) is 0 Å². The highest BCUT2D eigenvalue weighted by Gasteiger charge is 2.38. The number of hydrogen-bond donors (Lipinski definition) is 2. The van der Waals surface area contributed by atoms with Crippen LogP contribution in [0.5, 0.6) is 0 Å². The van der Waals surface area contributed by atoms with Crippen LogP contribution >= 0.6 is 0 Å².